The molecule has 0 spiro atoms. The van der Waals surface area contributed by atoms with E-state index in [9.17, 15) is 8.42 Å². The number of nitrogens with one attached hydrogen (secondary N) is 2. The number of hydrogen-bond donors (Lipinski definition) is 2. The molecule has 8 nitrogen and oxygen atoms in total. The first-order valence-corrected chi connectivity index (χ1v) is 5.91. The number of sulfonamides is 1. The largest absolute Gasteiger partial charge is 0.343 e. The molecule has 2 N–H and O–H groups in total. The zero-order chi connectivity index (χ0) is 11.4. The highest BCUT2D eigenvalue weighted by Crippen LogP contribution is 2.01. The Bertz CT molecular complexity index is 518. The lowest BCUT2D eigenvalue weighted by Crippen LogP contribution is -2.26. The molecule has 2 rings (SSSR count). The van der Waals surface area contributed by atoms with Gasteiger partial charge < -0.3 is 4.52 Å². The molecule has 0 bridgehead atoms. The summed E-state index contributed by atoms with van der Waals surface area (Å²) in [5.41, 5.74) is 0. The van der Waals surface area contributed by atoms with Crippen molar-refractivity contribution in [3.63, 3.8) is 0 Å². The summed E-state index contributed by atoms with van der Waals surface area (Å²) in [4.78, 5) is 3.77. The van der Waals surface area contributed by atoms with E-state index < -0.39 is 10.0 Å². The van der Waals surface area contributed by atoms with Crippen LogP contribution in [0, 0.1) is 0 Å². The van der Waals surface area contributed by atoms with Gasteiger partial charge in [0.25, 0.3) is 10.0 Å². The maximum Gasteiger partial charge on any atom is 0.257 e. The molecule has 2 aromatic heterocycles. The third kappa shape index (κ3) is 2.44. The number of H-pyrrole nitrogens is 1. The van der Waals surface area contributed by atoms with Gasteiger partial charge in [0.1, 0.15) is 0 Å². The van der Waals surface area contributed by atoms with E-state index in [4.69, 9.17) is 0 Å². The summed E-state index contributed by atoms with van der Waals surface area (Å²) in [6.07, 6.45) is 2.93. The van der Waals surface area contributed by atoms with Crippen molar-refractivity contribution in [2.45, 2.75) is 11.4 Å². The van der Waals surface area contributed by atoms with Crippen LogP contribution < -0.4 is 4.72 Å². The van der Waals surface area contributed by atoms with Crippen LogP contribution in [0.3, 0.4) is 0 Å². The van der Waals surface area contributed by atoms with Gasteiger partial charge in [-0.05, 0) is 6.07 Å². The van der Waals surface area contributed by atoms with Crippen LogP contribution in [0.5, 0.6) is 0 Å². The number of aromatic nitrogens is 4. The zero-order valence-corrected chi connectivity index (χ0v) is 8.94. The second kappa shape index (κ2) is 4.41. The molecule has 0 aliphatic rings. The summed E-state index contributed by atoms with van der Waals surface area (Å²) in [7, 11) is -3.52. The van der Waals surface area contributed by atoms with E-state index in [-0.39, 0.29) is 11.6 Å². The van der Waals surface area contributed by atoms with Crippen molar-refractivity contribution < 1.29 is 12.9 Å². The molecule has 0 aliphatic carbocycles. The van der Waals surface area contributed by atoms with Gasteiger partial charge in [-0.2, -0.15) is 10.1 Å². The van der Waals surface area contributed by atoms with Crippen LogP contribution in [0.4, 0.5) is 0 Å². The molecule has 0 saturated heterocycles. The standard InChI is InChI=1S/C7H9N5O3S/c13-16(14,7-2-3-9-11-7)10-4-1-6-8-5-15-12-6/h2-3,5,10H,1,4H2,(H,9,11). The predicted octanol–water partition coefficient (Wildman–Crippen LogP) is -0.686. The Balaban J connectivity index is 1.91. The first-order valence-electron chi connectivity index (χ1n) is 4.43. The molecule has 0 aromatic carbocycles. The lowest BCUT2D eigenvalue weighted by molar-refractivity contribution is 0.409. The Kier molecular flexibility index (Phi) is 2.97. The fraction of sp³-hybridized carbons (Fsp3) is 0.286. The van der Waals surface area contributed by atoms with Gasteiger partial charge in [-0.15, -0.1) is 0 Å². The number of rotatable bonds is 5. The quantitative estimate of drug-likeness (QED) is 0.718. The zero-order valence-electron chi connectivity index (χ0n) is 8.12. The normalized spacial score (nSPS) is 11.8. The molecule has 0 radical (unpaired) electrons. The van der Waals surface area contributed by atoms with Gasteiger partial charge >= 0.3 is 0 Å². The fourth-order valence-corrected chi connectivity index (χ4v) is 2.01. The van der Waals surface area contributed by atoms with Crippen LogP contribution in [0.15, 0.2) is 28.2 Å². The van der Waals surface area contributed by atoms with Gasteiger partial charge in [0.2, 0.25) is 6.39 Å². The van der Waals surface area contributed by atoms with Gasteiger partial charge in [0.05, 0.1) is 6.20 Å². The second-order valence-corrected chi connectivity index (χ2v) is 4.65. The molecule has 2 heterocycles. The van der Waals surface area contributed by atoms with E-state index in [0.29, 0.717) is 12.2 Å². The minimum Gasteiger partial charge on any atom is -0.343 e. The van der Waals surface area contributed by atoms with Crippen molar-refractivity contribution in [2.24, 2.45) is 0 Å². The van der Waals surface area contributed by atoms with Gasteiger partial charge in [-0.1, -0.05) is 5.16 Å². The Morgan fingerprint density at radius 1 is 1.50 bits per heavy atom. The van der Waals surface area contributed by atoms with E-state index in [1.54, 1.807) is 0 Å². The van der Waals surface area contributed by atoms with Crippen LogP contribution in [0.2, 0.25) is 0 Å². The highest BCUT2D eigenvalue weighted by Gasteiger charge is 2.14. The van der Waals surface area contributed by atoms with E-state index in [1.165, 1.54) is 18.7 Å². The van der Waals surface area contributed by atoms with Crippen molar-refractivity contribution in [3.8, 4) is 0 Å². The van der Waals surface area contributed by atoms with E-state index >= 15 is 0 Å². The Morgan fingerprint density at radius 3 is 3.00 bits per heavy atom. The molecule has 16 heavy (non-hydrogen) atoms. The molecule has 0 fully saturated rings. The Hall–Kier alpha value is -1.74. The maximum absolute atomic E-state index is 11.6. The first kappa shape index (κ1) is 10.8. The minimum absolute atomic E-state index is 0.0283. The highest BCUT2D eigenvalue weighted by molar-refractivity contribution is 7.89. The monoisotopic (exact) mass is 243 g/mol. The molecule has 0 saturated carbocycles. The maximum atomic E-state index is 11.6. The fourth-order valence-electron chi connectivity index (χ4n) is 1.07. The lowest BCUT2D eigenvalue weighted by Gasteiger charge is -2.01. The summed E-state index contributed by atoms with van der Waals surface area (Å²) < 4.78 is 30.0. The molecule has 0 aliphatic heterocycles. The van der Waals surface area contributed by atoms with Crippen LogP contribution >= 0.6 is 0 Å². The summed E-state index contributed by atoms with van der Waals surface area (Å²) in [6, 6.07) is 1.37. The SMILES string of the molecule is O=S(=O)(NCCc1ncon1)c1ccn[nH]1. The van der Waals surface area contributed by atoms with Crippen molar-refractivity contribution in [1.82, 2.24) is 25.1 Å². The predicted molar refractivity (Wildman–Crippen MR) is 51.8 cm³/mol. The van der Waals surface area contributed by atoms with Gasteiger partial charge in [-0.3, -0.25) is 5.10 Å². The van der Waals surface area contributed by atoms with Crippen molar-refractivity contribution >= 4 is 10.0 Å². The summed E-state index contributed by atoms with van der Waals surface area (Å²) in [5.74, 6) is 0.451. The van der Waals surface area contributed by atoms with Gasteiger partial charge in [0.15, 0.2) is 10.9 Å². The third-order valence-electron chi connectivity index (χ3n) is 1.81. The van der Waals surface area contributed by atoms with Gasteiger partial charge in [0, 0.05) is 13.0 Å². The van der Waals surface area contributed by atoms with E-state index in [0.717, 1.165) is 0 Å². The lowest BCUT2D eigenvalue weighted by atomic mass is 10.4. The summed E-state index contributed by atoms with van der Waals surface area (Å²) >= 11 is 0. The Labute approximate surface area is 91.1 Å². The molecule has 0 amide bonds. The van der Waals surface area contributed by atoms with Crippen molar-refractivity contribution in [2.75, 3.05) is 6.54 Å². The molecule has 2 aromatic rings. The van der Waals surface area contributed by atoms with Crippen LogP contribution in [-0.4, -0.2) is 35.3 Å². The second-order valence-electron chi connectivity index (χ2n) is 2.92. The van der Waals surface area contributed by atoms with Crippen LogP contribution in [0.25, 0.3) is 0 Å². The van der Waals surface area contributed by atoms with E-state index in [1.807, 2.05) is 0 Å². The minimum atomic E-state index is -3.52. The van der Waals surface area contributed by atoms with Crippen LogP contribution in [0.1, 0.15) is 5.82 Å². The number of hydrogen-bond acceptors (Lipinski definition) is 6. The summed E-state index contributed by atoms with van der Waals surface area (Å²) in [6.45, 7) is 0.195. The first-order chi connectivity index (χ1) is 7.68. The smallest absolute Gasteiger partial charge is 0.257 e. The molecule has 86 valence electrons. The average molecular weight is 243 g/mol. The van der Waals surface area contributed by atoms with Crippen molar-refractivity contribution in [1.29, 1.82) is 0 Å². The third-order valence-corrected chi connectivity index (χ3v) is 3.20. The van der Waals surface area contributed by atoms with Gasteiger partial charge in [-0.25, -0.2) is 13.1 Å². The van der Waals surface area contributed by atoms with E-state index in [2.05, 4.69) is 29.6 Å². The Morgan fingerprint density at radius 2 is 2.38 bits per heavy atom. The molecular formula is C7H9N5O3S. The molecular weight excluding hydrogens is 234 g/mol. The van der Waals surface area contributed by atoms with Crippen molar-refractivity contribution in [3.05, 3.63) is 24.5 Å². The number of nitrogens with zero attached hydrogens (tertiary/aromatic N) is 3. The van der Waals surface area contributed by atoms with Crippen LogP contribution in [-0.2, 0) is 16.4 Å². The average Bonchev–Trinajstić information content (AvgIpc) is 2.90. The molecule has 9 heteroatoms. The molecule has 0 atom stereocenters. The molecule has 0 unspecified atom stereocenters. The topological polar surface area (TPSA) is 114 Å². The highest BCUT2D eigenvalue weighted by atomic mass is 32.2. The number of aromatic amines is 1. The summed E-state index contributed by atoms with van der Waals surface area (Å²) in [5, 5.41) is 9.52.